The Morgan fingerprint density at radius 3 is 1.29 bits per heavy atom. The second-order valence-electron chi connectivity index (χ2n) is 13.3. The monoisotopic (exact) mass is 514 g/mol. The van der Waals surface area contributed by atoms with Crippen molar-refractivity contribution in [3.8, 4) is 22.6 Å². The molecule has 206 valence electrons. The number of hydrogen-bond acceptors (Lipinski definition) is 2. The van der Waals surface area contributed by atoms with E-state index in [4.69, 9.17) is 0 Å². The molecule has 0 aliphatic heterocycles. The van der Waals surface area contributed by atoms with E-state index >= 15 is 0 Å². The van der Waals surface area contributed by atoms with Crippen LogP contribution >= 0.6 is 0 Å². The summed E-state index contributed by atoms with van der Waals surface area (Å²) in [6.45, 7) is 0. The maximum atomic E-state index is 11.7. The quantitative estimate of drug-likeness (QED) is 0.416. The molecule has 0 spiro atoms. The van der Waals surface area contributed by atoms with Crippen molar-refractivity contribution in [2.75, 3.05) is 0 Å². The average molecular weight is 515 g/mol. The molecular weight excluding hydrogens is 464 g/mol. The normalized spacial score (nSPS) is 23.1. The first-order valence-electron chi connectivity index (χ1n) is 16.4. The highest BCUT2D eigenvalue weighted by Gasteiger charge is 2.31. The summed E-state index contributed by atoms with van der Waals surface area (Å²) in [5.41, 5.74) is 7.91. The van der Waals surface area contributed by atoms with Crippen LogP contribution in [0, 0.1) is 0 Å². The van der Waals surface area contributed by atoms with E-state index in [1.807, 2.05) is 6.07 Å². The van der Waals surface area contributed by atoms with Crippen LogP contribution in [0.3, 0.4) is 0 Å². The van der Waals surface area contributed by atoms with E-state index in [0.29, 0.717) is 35.2 Å². The fourth-order valence-corrected chi connectivity index (χ4v) is 8.81. The van der Waals surface area contributed by atoms with Crippen LogP contribution in [0.25, 0.3) is 11.1 Å². The molecule has 4 aliphatic rings. The third-order valence-electron chi connectivity index (χ3n) is 10.9. The van der Waals surface area contributed by atoms with Gasteiger partial charge in [0.05, 0.1) is 0 Å². The fourth-order valence-electron chi connectivity index (χ4n) is 8.81. The molecule has 2 N–H and O–H groups in total. The van der Waals surface area contributed by atoms with Gasteiger partial charge < -0.3 is 10.2 Å². The van der Waals surface area contributed by atoms with Gasteiger partial charge in [-0.3, -0.25) is 0 Å². The Bertz CT molecular complexity index is 1040. The van der Waals surface area contributed by atoms with Crippen LogP contribution < -0.4 is 0 Å². The number of hydrogen-bond donors (Lipinski definition) is 2. The van der Waals surface area contributed by atoms with E-state index in [2.05, 4.69) is 18.2 Å². The maximum absolute atomic E-state index is 11.7. The summed E-state index contributed by atoms with van der Waals surface area (Å²) in [6.07, 6.45) is 25.4. The van der Waals surface area contributed by atoms with E-state index < -0.39 is 0 Å². The van der Waals surface area contributed by atoms with E-state index in [-0.39, 0.29) is 0 Å². The molecule has 2 nitrogen and oxygen atoms in total. The highest BCUT2D eigenvalue weighted by Crippen LogP contribution is 2.51. The van der Waals surface area contributed by atoms with Crippen LogP contribution in [0.15, 0.2) is 24.3 Å². The summed E-state index contributed by atoms with van der Waals surface area (Å²) >= 11 is 0. The van der Waals surface area contributed by atoms with E-state index in [0.717, 1.165) is 0 Å². The molecule has 38 heavy (non-hydrogen) atoms. The predicted octanol–water partition coefficient (Wildman–Crippen LogP) is 11.0. The standard InChI is InChI=1S/C36H50O2/c37-33-22-21-30(34(27-17-9-3-10-18-27)35(33)28-19-11-4-12-20-28)29-23-31(25-13-5-1-6-14-25)36(38)32(24-29)26-15-7-2-8-16-26/h21-28,37-38H,1-20H2. The van der Waals surface area contributed by atoms with Crippen molar-refractivity contribution in [1.82, 2.24) is 0 Å². The Kier molecular flexibility index (Phi) is 8.33. The average Bonchev–Trinajstić information content (AvgIpc) is 2.99. The van der Waals surface area contributed by atoms with E-state index in [9.17, 15) is 10.2 Å². The molecule has 2 aromatic carbocycles. The Balaban J connectivity index is 1.52. The van der Waals surface area contributed by atoms with Gasteiger partial charge in [0.1, 0.15) is 11.5 Å². The summed E-state index contributed by atoms with van der Waals surface area (Å²) in [4.78, 5) is 0. The van der Waals surface area contributed by atoms with Gasteiger partial charge in [-0.2, -0.15) is 0 Å². The van der Waals surface area contributed by atoms with Crippen molar-refractivity contribution in [1.29, 1.82) is 0 Å². The summed E-state index contributed by atoms with van der Waals surface area (Å²) < 4.78 is 0. The lowest BCUT2D eigenvalue weighted by Crippen LogP contribution is -2.14. The largest absolute Gasteiger partial charge is 0.508 e. The zero-order valence-electron chi connectivity index (χ0n) is 23.7. The molecule has 4 aliphatic carbocycles. The molecule has 0 amide bonds. The third-order valence-corrected chi connectivity index (χ3v) is 10.9. The van der Waals surface area contributed by atoms with Crippen molar-refractivity contribution in [3.63, 3.8) is 0 Å². The van der Waals surface area contributed by atoms with Crippen molar-refractivity contribution in [3.05, 3.63) is 46.5 Å². The lowest BCUT2D eigenvalue weighted by atomic mass is 9.72. The lowest BCUT2D eigenvalue weighted by Gasteiger charge is -2.33. The van der Waals surface area contributed by atoms with Gasteiger partial charge in [0.25, 0.3) is 0 Å². The zero-order valence-corrected chi connectivity index (χ0v) is 23.7. The molecule has 4 fully saturated rings. The maximum Gasteiger partial charge on any atom is 0.122 e. The highest BCUT2D eigenvalue weighted by atomic mass is 16.3. The summed E-state index contributed by atoms with van der Waals surface area (Å²) in [7, 11) is 0. The summed E-state index contributed by atoms with van der Waals surface area (Å²) in [6, 6.07) is 9.04. The van der Waals surface area contributed by atoms with Crippen LogP contribution in [-0.4, -0.2) is 10.2 Å². The van der Waals surface area contributed by atoms with Gasteiger partial charge in [-0.15, -0.1) is 0 Å². The minimum Gasteiger partial charge on any atom is -0.508 e. The van der Waals surface area contributed by atoms with Crippen molar-refractivity contribution in [2.24, 2.45) is 0 Å². The van der Waals surface area contributed by atoms with Crippen LogP contribution in [0.5, 0.6) is 11.5 Å². The van der Waals surface area contributed by atoms with Gasteiger partial charge in [0.15, 0.2) is 0 Å². The van der Waals surface area contributed by atoms with Gasteiger partial charge in [-0.05, 0) is 121 Å². The fraction of sp³-hybridized carbons (Fsp3) is 0.667. The van der Waals surface area contributed by atoms with Crippen LogP contribution in [0.4, 0.5) is 0 Å². The highest BCUT2D eigenvalue weighted by molar-refractivity contribution is 5.75. The molecule has 2 aromatic rings. The first-order valence-corrected chi connectivity index (χ1v) is 16.4. The number of rotatable bonds is 5. The van der Waals surface area contributed by atoms with Gasteiger partial charge in [0, 0.05) is 5.56 Å². The zero-order chi connectivity index (χ0) is 25.9. The Morgan fingerprint density at radius 1 is 0.447 bits per heavy atom. The van der Waals surface area contributed by atoms with Crippen molar-refractivity contribution >= 4 is 0 Å². The molecule has 6 rings (SSSR count). The molecule has 0 unspecified atom stereocenters. The molecule has 0 radical (unpaired) electrons. The van der Waals surface area contributed by atoms with Gasteiger partial charge in [-0.1, -0.05) is 83.1 Å². The molecule has 0 heterocycles. The molecule has 4 saturated carbocycles. The minimum atomic E-state index is 0.485. The van der Waals surface area contributed by atoms with Crippen LogP contribution in [0.2, 0.25) is 0 Å². The molecule has 2 heteroatoms. The molecule has 0 saturated heterocycles. The first kappa shape index (κ1) is 26.3. The molecule has 0 aromatic heterocycles. The van der Waals surface area contributed by atoms with Crippen LogP contribution in [0.1, 0.15) is 174 Å². The molecule has 0 atom stereocenters. The van der Waals surface area contributed by atoms with Crippen LogP contribution in [-0.2, 0) is 0 Å². The predicted molar refractivity (Wildman–Crippen MR) is 159 cm³/mol. The lowest BCUT2D eigenvalue weighted by molar-refractivity contribution is 0.393. The smallest absolute Gasteiger partial charge is 0.122 e. The number of benzene rings is 2. The Labute approximate surface area is 231 Å². The minimum absolute atomic E-state index is 0.485. The number of phenols is 2. The van der Waals surface area contributed by atoms with Gasteiger partial charge >= 0.3 is 0 Å². The van der Waals surface area contributed by atoms with E-state index in [1.54, 1.807) is 0 Å². The molecular formula is C36H50O2. The van der Waals surface area contributed by atoms with Gasteiger partial charge in [0.2, 0.25) is 0 Å². The molecule has 0 bridgehead atoms. The second kappa shape index (κ2) is 12.1. The summed E-state index contributed by atoms with van der Waals surface area (Å²) in [5.74, 6) is 3.18. The van der Waals surface area contributed by atoms with E-state index in [1.165, 1.54) is 162 Å². The SMILES string of the molecule is Oc1ccc(-c2cc(C3CCCCC3)c(O)c(C3CCCCC3)c2)c(C2CCCCC2)c1C1CCCCC1. The third kappa shape index (κ3) is 5.39. The van der Waals surface area contributed by atoms with Gasteiger partial charge in [-0.25, -0.2) is 0 Å². The van der Waals surface area contributed by atoms with Crippen molar-refractivity contribution in [2.45, 2.75) is 152 Å². The topological polar surface area (TPSA) is 40.5 Å². The first-order chi connectivity index (χ1) is 18.7. The number of aromatic hydroxyl groups is 2. The van der Waals surface area contributed by atoms with Crippen molar-refractivity contribution < 1.29 is 10.2 Å². The second-order valence-corrected chi connectivity index (χ2v) is 13.3. The Morgan fingerprint density at radius 2 is 0.842 bits per heavy atom. The summed E-state index contributed by atoms with van der Waals surface area (Å²) in [5, 5.41) is 23.1. The number of phenolic OH excluding ortho intramolecular Hbond substituents is 2. The Hall–Kier alpha value is -1.96.